The number of rotatable bonds is 5. The van der Waals surface area contributed by atoms with Gasteiger partial charge in [-0.2, -0.15) is 39.5 Å². The molecule has 2 rings (SSSR count). The molecule has 26 heavy (non-hydrogen) atoms. The van der Waals surface area contributed by atoms with Crippen molar-refractivity contribution in [2.24, 2.45) is 0 Å². The molecule has 1 nitrogen and oxygen atoms in total. The summed E-state index contributed by atoms with van der Waals surface area (Å²) in [6.07, 6.45) is -4.79. The van der Waals surface area contributed by atoms with Gasteiger partial charge in [0.25, 0.3) is 0 Å². The van der Waals surface area contributed by atoms with E-state index in [0.29, 0.717) is 19.3 Å². The van der Waals surface area contributed by atoms with Crippen molar-refractivity contribution in [3.05, 3.63) is 30.1 Å². The number of pyridine rings is 1. The SMILES string of the molecule is FC(F)(F)C(F)(F)C(F)(F)C(F)(F)CC1(c2ccncc2)CCCCC1. The predicted molar refractivity (Wildman–Crippen MR) is 74.5 cm³/mol. The van der Waals surface area contributed by atoms with Gasteiger partial charge in [0.2, 0.25) is 0 Å². The minimum absolute atomic E-state index is 0.0136. The summed E-state index contributed by atoms with van der Waals surface area (Å²) in [5, 5.41) is 0. The third-order valence-corrected chi connectivity index (χ3v) is 4.87. The zero-order valence-corrected chi connectivity index (χ0v) is 13.4. The topological polar surface area (TPSA) is 12.9 Å². The van der Waals surface area contributed by atoms with Crippen LogP contribution < -0.4 is 0 Å². The Labute approximate surface area is 143 Å². The summed E-state index contributed by atoms with van der Waals surface area (Å²) in [5.74, 6) is -19.0. The molecular formula is C16H16F9N. The molecule has 1 saturated carbocycles. The highest BCUT2D eigenvalue weighted by atomic mass is 19.4. The number of aromatic nitrogens is 1. The van der Waals surface area contributed by atoms with Crippen molar-refractivity contribution in [3.8, 4) is 0 Å². The van der Waals surface area contributed by atoms with Crippen LogP contribution in [0.1, 0.15) is 44.1 Å². The van der Waals surface area contributed by atoms with Crippen LogP contribution in [0.5, 0.6) is 0 Å². The van der Waals surface area contributed by atoms with Crippen LogP contribution in [-0.2, 0) is 5.41 Å². The molecule has 0 aliphatic heterocycles. The van der Waals surface area contributed by atoms with E-state index in [-0.39, 0.29) is 18.4 Å². The summed E-state index contributed by atoms with van der Waals surface area (Å²) >= 11 is 0. The van der Waals surface area contributed by atoms with E-state index in [2.05, 4.69) is 4.98 Å². The van der Waals surface area contributed by atoms with Crippen LogP contribution in [0.25, 0.3) is 0 Å². The highest BCUT2D eigenvalue weighted by Gasteiger charge is 2.82. The molecule has 0 unspecified atom stereocenters. The Hall–Kier alpha value is -1.48. The third kappa shape index (κ3) is 3.38. The van der Waals surface area contributed by atoms with Crippen LogP contribution in [0, 0.1) is 0 Å². The molecule has 1 aliphatic carbocycles. The molecule has 0 bridgehead atoms. The maximum Gasteiger partial charge on any atom is 0.460 e. The minimum Gasteiger partial charge on any atom is -0.265 e. The Kier molecular flexibility index (Phi) is 5.29. The highest BCUT2D eigenvalue weighted by molar-refractivity contribution is 5.25. The van der Waals surface area contributed by atoms with Gasteiger partial charge in [-0.1, -0.05) is 19.3 Å². The molecule has 1 aliphatic rings. The van der Waals surface area contributed by atoms with Crippen molar-refractivity contribution in [3.63, 3.8) is 0 Å². The summed E-state index contributed by atoms with van der Waals surface area (Å²) in [4.78, 5) is 3.68. The van der Waals surface area contributed by atoms with Gasteiger partial charge >= 0.3 is 23.9 Å². The first-order chi connectivity index (χ1) is 11.8. The second kappa shape index (κ2) is 6.60. The van der Waals surface area contributed by atoms with Crippen LogP contribution in [0.2, 0.25) is 0 Å². The second-order valence-electron chi connectivity index (χ2n) is 6.60. The average molecular weight is 393 g/mol. The Bertz CT molecular complexity index is 604. The van der Waals surface area contributed by atoms with E-state index in [4.69, 9.17) is 0 Å². The number of hydrogen-bond acceptors (Lipinski definition) is 1. The van der Waals surface area contributed by atoms with Gasteiger partial charge in [-0.15, -0.1) is 0 Å². The average Bonchev–Trinajstić information content (AvgIpc) is 2.54. The predicted octanol–water partition coefficient (Wildman–Crippen LogP) is 6.14. The molecular weight excluding hydrogens is 377 g/mol. The molecule has 0 radical (unpaired) electrons. The zero-order valence-electron chi connectivity index (χ0n) is 13.4. The summed E-state index contributed by atoms with van der Waals surface area (Å²) in [6, 6.07) is 2.59. The van der Waals surface area contributed by atoms with Gasteiger partial charge in [0, 0.05) is 24.2 Å². The molecule has 1 aromatic heterocycles. The van der Waals surface area contributed by atoms with E-state index in [1.807, 2.05) is 0 Å². The van der Waals surface area contributed by atoms with Crippen molar-refractivity contribution in [1.29, 1.82) is 0 Å². The van der Waals surface area contributed by atoms with E-state index in [9.17, 15) is 39.5 Å². The van der Waals surface area contributed by atoms with Gasteiger partial charge in [0.15, 0.2) is 0 Å². The van der Waals surface area contributed by atoms with Gasteiger partial charge in [-0.3, -0.25) is 4.98 Å². The third-order valence-electron chi connectivity index (χ3n) is 4.87. The molecule has 0 N–H and O–H groups in total. The van der Waals surface area contributed by atoms with Crippen molar-refractivity contribution < 1.29 is 39.5 Å². The smallest absolute Gasteiger partial charge is 0.265 e. The molecule has 10 heteroatoms. The van der Waals surface area contributed by atoms with Crippen molar-refractivity contribution >= 4 is 0 Å². The van der Waals surface area contributed by atoms with Gasteiger partial charge in [0.05, 0.1) is 0 Å². The molecule has 0 aromatic carbocycles. The van der Waals surface area contributed by atoms with Crippen LogP contribution in [0.4, 0.5) is 39.5 Å². The standard InChI is InChI=1S/C16H16F9N/c17-13(18,14(19,20)15(21,22)16(23,24)25)10-12(6-2-1-3-7-12)11-4-8-26-9-5-11/h4-5,8-9H,1-3,6-7,10H2. The van der Waals surface area contributed by atoms with Gasteiger partial charge < -0.3 is 0 Å². The summed E-state index contributed by atoms with van der Waals surface area (Å²) < 4.78 is 119. The largest absolute Gasteiger partial charge is 0.460 e. The van der Waals surface area contributed by atoms with Crippen molar-refractivity contribution in [1.82, 2.24) is 4.98 Å². The van der Waals surface area contributed by atoms with Gasteiger partial charge in [-0.25, -0.2) is 0 Å². The second-order valence-corrected chi connectivity index (χ2v) is 6.60. The molecule has 1 aromatic rings. The highest BCUT2D eigenvalue weighted by Crippen LogP contribution is 2.57. The Balaban J connectivity index is 2.44. The zero-order chi connectivity index (χ0) is 19.9. The quantitative estimate of drug-likeness (QED) is 0.548. The summed E-state index contributed by atoms with van der Waals surface area (Å²) in [6.45, 7) is 0. The fraction of sp³-hybridized carbons (Fsp3) is 0.688. The Morgan fingerprint density at radius 1 is 0.769 bits per heavy atom. The fourth-order valence-corrected chi connectivity index (χ4v) is 3.45. The lowest BCUT2D eigenvalue weighted by Gasteiger charge is -2.43. The molecule has 0 atom stereocenters. The van der Waals surface area contributed by atoms with Crippen LogP contribution in [-0.4, -0.2) is 28.9 Å². The Morgan fingerprint density at radius 2 is 1.27 bits per heavy atom. The van der Waals surface area contributed by atoms with Gasteiger partial charge in [0.1, 0.15) is 0 Å². The lowest BCUT2D eigenvalue weighted by molar-refractivity contribution is -0.398. The van der Waals surface area contributed by atoms with Crippen LogP contribution in [0.3, 0.4) is 0 Å². The van der Waals surface area contributed by atoms with E-state index in [1.54, 1.807) is 0 Å². The first-order valence-electron chi connectivity index (χ1n) is 7.88. The van der Waals surface area contributed by atoms with Crippen LogP contribution >= 0.6 is 0 Å². The fourth-order valence-electron chi connectivity index (χ4n) is 3.45. The minimum atomic E-state index is -6.85. The van der Waals surface area contributed by atoms with Crippen LogP contribution in [0.15, 0.2) is 24.5 Å². The molecule has 1 heterocycles. The van der Waals surface area contributed by atoms with E-state index in [0.717, 1.165) is 0 Å². The molecule has 0 spiro atoms. The number of hydrogen-bond donors (Lipinski definition) is 0. The van der Waals surface area contributed by atoms with Gasteiger partial charge in [-0.05, 0) is 30.5 Å². The molecule has 148 valence electrons. The maximum atomic E-state index is 14.2. The monoisotopic (exact) mass is 393 g/mol. The first-order valence-corrected chi connectivity index (χ1v) is 7.88. The Morgan fingerprint density at radius 3 is 1.73 bits per heavy atom. The summed E-state index contributed by atoms with van der Waals surface area (Å²) in [7, 11) is 0. The van der Waals surface area contributed by atoms with E-state index < -0.39 is 35.8 Å². The number of alkyl halides is 9. The normalized spacial score (nSPS) is 19.4. The maximum absolute atomic E-state index is 14.2. The lowest BCUT2D eigenvalue weighted by atomic mass is 9.65. The molecule has 1 fully saturated rings. The van der Waals surface area contributed by atoms with Crippen molar-refractivity contribution in [2.75, 3.05) is 0 Å². The summed E-state index contributed by atoms with van der Waals surface area (Å²) in [5.41, 5.74) is -1.44. The number of nitrogens with zero attached hydrogens (tertiary/aromatic N) is 1. The van der Waals surface area contributed by atoms with E-state index >= 15 is 0 Å². The van der Waals surface area contributed by atoms with Crippen molar-refractivity contribution in [2.45, 2.75) is 67.9 Å². The molecule has 0 amide bonds. The lowest BCUT2D eigenvalue weighted by Crippen LogP contribution is -2.62. The first kappa shape index (κ1) is 20.8. The number of halogens is 9. The van der Waals surface area contributed by atoms with E-state index in [1.165, 1.54) is 24.5 Å². The molecule has 0 saturated heterocycles.